The second-order valence-corrected chi connectivity index (χ2v) is 9.57. The molecule has 198 valence electrons. The van der Waals surface area contributed by atoms with Gasteiger partial charge in [0.1, 0.15) is 18.2 Å². The van der Waals surface area contributed by atoms with Crippen LogP contribution in [0.2, 0.25) is 0 Å². The van der Waals surface area contributed by atoms with E-state index < -0.39 is 11.6 Å². The maximum absolute atomic E-state index is 14.2. The molecular formula is C30H27FN4O4. The lowest BCUT2D eigenvalue weighted by Gasteiger charge is -2.14. The van der Waals surface area contributed by atoms with Gasteiger partial charge in [-0.15, -0.1) is 0 Å². The monoisotopic (exact) mass is 526 g/mol. The zero-order valence-electron chi connectivity index (χ0n) is 21.9. The summed E-state index contributed by atoms with van der Waals surface area (Å²) in [6.45, 7) is 4.25. The lowest BCUT2D eigenvalue weighted by molar-refractivity contribution is 0.305. The molecule has 39 heavy (non-hydrogen) atoms. The Bertz CT molecular complexity index is 1800. The van der Waals surface area contributed by atoms with Crippen molar-refractivity contribution < 1.29 is 18.4 Å². The molecule has 3 aromatic heterocycles. The number of hydrogen-bond acceptors (Lipinski definition) is 6. The predicted molar refractivity (Wildman–Crippen MR) is 144 cm³/mol. The third-order valence-electron chi connectivity index (χ3n) is 7.08. The molecule has 0 bridgehead atoms. The van der Waals surface area contributed by atoms with E-state index in [1.54, 1.807) is 13.2 Å². The number of hydrogen-bond donors (Lipinski definition) is 1. The van der Waals surface area contributed by atoms with Crippen molar-refractivity contribution in [1.29, 1.82) is 0 Å². The minimum atomic E-state index is -0.641. The fourth-order valence-corrected chi connectivity index (χ4v) is 5.27. The number of H-pyrrole nitrogens is 1. The molecule has 4 heterocycles. The molecule has 0 saturated heterocycles. The topological polar surface area (TPSA) is 94.7 Å². The van der Waals surface area contributed by atoms with Gasteiger partial charge in [0.25, 0.3) is 0 Å². The molecule has 6 rings (SSSR count). The summed E-state index contributed by atoms with van der Waals surface area (Å²) in [6.07, 6.45) is 4.51. The molecule has 8 nitrogen and oxygen atoms in total. The van der Waals surface area contributed by atoms with Gasteiger partial charge in [0.05, 0.1) is 18.5 Å². The Morgan fingerprint density at radius 3 is 2.79 bits per heavy atom. The predicted octanol–water partition coefficient (Wildman–Crippen LogP) is 5.57. The average molecular weight is 527 g/mol. The van der Waals surface area contributed by atoms with E-state index in [1.807, 2.05) is 31.3 Å². The number of rotatable bonds is 6. The molecule has 0 amide bonds. The van der Waals surface area contributed by atoms with E-state index >= 15 is 0 Å². The van der Waals surface area contributed by atoms with Gasteiger partial charge >= 0.3 is 5.76 Å². The van der Waals surface area contributed by atoms with Crippen molar-refractivity contribution in [2.75, 3.05) is 7.11 Å². The van der Waals surface area contributed by atoms with E-state index in [-0.39, 0.29) is 6.61 Å². The van der Waals surface area contributed by atoms with Gasteiger partial charge in [0.2, 0.25) is 0 Å². The van der Waals surface area contributed by atoms with Crippen LogP contribution in [0.3, 0.4) is 0 Å². The van der Waals surface area contributed by atoms with Crippen molar-refractivity contribution in [2.45, 2.75) is 39.7 Å². The van der Waals surface area contributed by atoms with E-state index in [0.29, 0.717) is 29.1 Å². The molecule has 0 radical (unpaired) electrons. The van der Waals surface area contributed by atoms with E-state index in [9.17, 15) is 9.18 Å². The Morgan fingerprint density at radius 2 is 2.03 bits per heavy atom. The molecule has 5 aromatic rings. The molecule has 1 aliphatic heterocycles. The number of methoxy groups -OCH3 is 1. The number of benzene rings is 2. The number of nitrogens with zero attached hydrogens (tertiary/aromatic N) is 3. The van der Waals surface area contributed by atoms with Gasteiger partial charge in [0.15, 0.2) is 17.2 Å². The molecule has 0 saturated carbocycles. The second-order valence-electron chi connectivity index (χ2n) is 9.57. The molecule has 1 N–H and O–H groups in total. The van der Waals surface area contributed by atoms with E-state index in [4.69, 9.17) is 19.0 Å². The molecule has 0 spiro atoms. The van der Waals surface area contributed by atoms with Crippen molar-refractivity contribution in [2.24, 2.45) is 0 Å². The third kappa shape index (κ3) is 4.39. The van der Waals surface area contributed by atoms with Crippen molar-refractivity contribution >= 4 is 16.8 Å². The number of aromatic amines is 1. The number of imidazole rings is 1. The van der Waals surface area contributed by atoms with E-state index in [2.05, 4.69) is 33.6 Å². The lowest BCUT2D eigenvalue weighted by atomic mass is 9.89. The second kappa shape index (κ2) is 9.90. The highest BCUT2D eigenvalue weighted by molar-refractivity contribution is 5.99. The van der Waals surface area contributed by atoms with Crippen LogP contribution in [0.5, 0.6) is 11.5 Å². The molecular weight excluding hydrogens is 499 g/mol. The van der Waals surface area contributed by atoms with Gasteiger partial charge in [-0.2, -0.15) is 0 Å². The summed E-state index contributed by atoms with van der Waals surface area (Å²) in [7, 11) is 1.65. The molecule has 0 atom stereocenters. The summed E-state index contributed by atoms with van der Waals surface area (Å²) in [5.41, 5.74) is 8.09. The molecule has 0 unspecified atom stereocenters. The molecule has 0 aliphatic carbocycles. The van der Waals surface area contributed by atoms with E-state index in [0.717, 1.165) is 57.9 Å². The van der Waals surface area contributed by atoms with Crippen LogP contribution in [0.1, 0.15) is 59.7 Å². The molecule has 2 aromatic carbocycles. The number of fused-ring (bicyclic) bond motifs is 3. The molecule has 0 fully saturated rings. The summed E-state index contributed by atoms with van der Waals surface area (Å²) >= 11 is 0. The van der Waals surface area contributed by atoms with Gasteiger partial charge < -0.3 is 13.9 Å². The van der Waals surface area contributed by atoms with Crippen molar-refractivity contribution in [1.82, 2.24) is 19.5 Å². The Morgan fingerprint density at radius 1 is 1.18 bits per heavy atom. The van der Waals surface area contributed by atoms with Crippen LogP contribution in [-0.4, -0.2) is 26.6 Å². The normalized spacial score (nSPS) is 13.9. The Balaban J connectivity index is 1.48. The summed E-state index contributed by atoms with van der Waals surface area (Å²) < 4.78 is 32.7. The number of allylic oxidation sites excluding steroid dienone is 1. The Kier molecular flexibility index (Phi) is 6.26. The number of aromatic nitrogens is 4. The van der Waals surface area contributed by atoms with Crippen LogP contribution in [0.15, 0.2) is 64.0 Å². The van der Waals surface area contributed by atoms with Gasteiger partial charge in [-0.05, 0) is 59.9 Å². The first-order chi connectivity index (χ1) is 19.0. The Labute approximate surface area is 223 Å². The summed E-state index contributed by atoms with van der Waals surface area (Å²) in [5, 5.41) is 3.89. The fraction of sp³-hybridized carbons (Fsp3) is 0.233. The van der Waals surface area contributed by atoms with Crippen LogP contribution in [0.25, 0.3) is 16.8 Å². The van der Waals surface area contributed by atoms with Crippen molar-refractivity contribution in [3.8, 4) is 11.5 Å². The summed E-state index contributed by atoms with van der Waals surface area (Å²) in [5.74, 6) is 0.437. The van der Waals surface area contributed by atoms with Crippen LogP contribution < -0.4 is 15.2 Å². The molecule has 1 aliphatic rings. The highest BCUT2D eigenvalue weighted by Gasteiger charge is 2.24. The van der Waals surface area contributed by atoms with E-state index in [1.165, 1.54) is 12.1 Å². The van der Waals surface area contributed by atoms with Crippen LogP contribution in [-0.2, 0) is 19.4 Å². The van der Waals surface area contributed by atoms with Gasteiger partial charge in [0, 0.05) is 29.8 Å². The van der Waals surface area contributed by atoms with Crippen LogP contribution in [0, 0.1) is 5.82 Å². The summed E-state index contributed by atoms with van der Waals surface area (Å²) in [4.78, 5) is 19.2. The van der Waals surface area contributed by atoms with Crippen molar-refractivity contribution in [3.63, 3.8) is 0 Å². The lowest BCUT2D eigenvalue weighted by Crippen LogP contribution is -2.03. The van der Waals surface area contributed by atoms with Gasteiger partial charge in [-0.3, -0.25) is 9.51 Å². The maximum Gasteiger partial charge on any atom is 0.439 e. The Hall–Kier alpha value is -4.66. The smallest absolute Gasteiger partial charge is 0.439 e. The number of pyridine rings is 1. The molecule has 9 heteroatoms. The third-order valence-corrected chi connectivity index (χ3v) is 7.08. The van der Waals surface area contributed by atoms with Crippen LogP contribution >= 0.6 is 0 Å². The number of aryl methyl sites for hydroxylation is 1. The zero-order valence-corrected chi connectivity index (χ0v) is 21.9. The minimum Gasteiger partial charge on any atom is -0.493 e. The minimum absolute atomic E-state index is 0.258. The largest absolute Gasteiger partial charge is 0.493 e. The number of ether oxygens (including phenoxy) is 2. The quantitative estimate of drug-likeness (QED) is 0.311. The fourth-order valence-electron chi connectivity index (χ4n) is 5.27. The first-order valence-corrected chi connectivity index (χ1v) is 12.8. The van der Waals surface area contributed by atoms with Gasteiger partial charge in [-0.1, -0.05) is 36.7 Å². The highest BCUT2D eigenvalue weighted by atomic mass is 19.1. The maximum atomic E-state index is 14.2. The first kappa shape index (κ1) is 24.7. The summed E-state index contributed by atoms with van der Waals surface area (Å²) in [6, 6.07) is 14.6. The van der Waals surface area contributed by atoms with Gasteiger partial charge in [-0.25, -0.2) is 14.2 Å². The standard InChI is InChI=1S/C30H27FN4O4/c1-4-6-23-24(35-12-5-7-25(37-3)29(35)32-23)14-18-8-10-21-19(13-18)16-38-26-15-20(31)9-11-22(26)27(21)17(2)28-33-30(36)39-34-28/h5,7-13,15H,4,6,14,16H2,1-3H3,(H,33,34,36)/b27-17+. The zero-order chi connectivity index (χ0) is 27.1. The number of halogens is 1. The number of nitrogens with one attached hydrogen (secondary N) is 1. The highest BCUT2D eigenvalue weighted by Crippen LogP contribution is 2.41. The first-order valence-electron chi connectivity index (χ1n) is 12.8. The van der Waals surface area contributed by atoms with Crippen molar-refractivity contribution in [3.05, 3.63) is 111 Å². The SMILES string of the molecule is CCCc1nc2c(OC)cccn2c1Cc1ccc2c(c1)COc1cc(F)ccc1/C2=C(\C)c1noc(=O)[nH]1. The average Bonchev–Trinajstić information content (AvgIpc) is 3.48. The van der Waals surface area contributed by atoms with Crippen LogP contribution in [0.4, 0.5) is 4.39 Å².